The second-order valence-corrected chi connectivity index (χ2v) is 3.45. The Hall–Kier alpha value is -1.43. The Kier molecular flexibility index (Phi) is 3.19. The molecule has 0 aliphatic rings. The van der Waals surface area contributed by atoms with Gasteiger partial charge in [-0.15, -0.1) is 0 Å². The molecular formula is C8H10N2O3S. The zero-order valence-corrected chi connectivity index (χ0v) is 8.64. The molecule has 0 saturated carbocycles. The van der Waals surface area contributed by atoms with Gasteiger partial charge in [-0.2, -0.15) is 4.37 Å². The molecule has 14 heavy (non-hydrogen) atoms. The number of aromatic carboxylic acids is 1. The lowest BCUT2D eigenvalue weighted by molar-refractivity contribution is -0.115. The minimum absolute atomic E-state index is 0.0804. The molecule has 1 aromatic heterocycles. The van der Waals surface area contributed by atoms with Crippen LogP contribution in [-0.2, 0) is 4.79 Å². The van der Waals surface area contributed by atoms with Crippen molar-refractivity contribution >= 4 is 28.4 Å². The van der Waals surface area contributed by atoms with Crippen LogP contribution in [0.1, 0.15) is 29.4 Å². The Morgan fingerprint density at radius 1 is 1.57 bits per heavy atom. The van der Waals surface area contributed by atoms with Crippen LogP contribution in [0.4, 0.5) is 5.00 Å². The van der Waals surface area contributed by atoms with Gasteiger partial charge in [0.05, 0.1) is 5.69 Å². The van der Waals surface area contributed by atoms with Gasteiger partial charge in [0, 0.05) is 6.42 Å². The van der Waals surface area contributed by atoms with E-state index in [1.807, 2.05) is 0 Å². The van der Waals surface area contributed by atoms with Gasteiger partial charge in [-0.1, -0.05) is 6.92 Å². The predicted molar refractivity (Wildman–Crippen MR) is 52.7 cm³/mol. The van der Waals surface area contributed by atoms with E-state index in [0.717, 1.165) is 11.5 Å². The van der Waals surface area contributed by atoms with Crippen molar-refractivity contribution in [3.05, 3.63) is 11.3 Å². The zero-order chi connectivity index (χ0) is 10.7. The summed E-state index contributed by atoms with van der Waals surface area (Å²) in [6.45, 7) is 3.30. The molecule has 0 radical (unpaired) electrons. The first-order valence-electron chi connectivity index (χ1n) is 4.05. The van der Waals surface area contributed by atoms with Crippen molar-refractivity contribution in [1.29, 1.82) is 0 Å². The number of aromatic nitrogens is 1. The van der Waals surface area contributed by atoms with Crippen LogP contribution in [0.5, 0.6) is 0 Å². The molecule has 0 aliphatic carbocycles. The number of hydrogen-bond donors (Lipinski definition) is 2. The van der Waals surface area contributed by atoms with Crippen LogP contribution in [-0.4, -0.2) is 21.4 Å². The van der Waals surface area contributed by atoms with Crippen molar-refractivity contribution in [2.45, 2.75) is 20.3 Å². The number of rotatable bonds is 3. The summed E-state index contributed by atoms with van der Waals surface area (Å²) >= 11 is 0.985. The van der Waals surface area contributed by atoms with Gasteiger partial charge in [-0.05, 0) is 18.5 Å². The third kappa shape index (κ3) is 2.08. The average Bonchev–Trinajstić information content (AvgIpc) is 2.46. The summed E-state index contributed by atoms with van der Waals surface area (Å²) in [6, 6.07) is 0. The largest absolute Gasteiger partial charge is 0.478 e. The first kappa shape index (κ1) is 10.6. The van der Waals surface area contributed by atoms with Crippen LogP contribution in [0.25, 0.3) is 0 Å². The van der Waals surface area contributed by atoms with Gasteiger partial charge >= 0.3 is 5.97 Å². The molecule has 0 unspecified atom stereocenters. The Labute approximate surface area is 84.9 Å². The van der Waals surface area contributed by atoms with Crippen LogP contribution < -0.4 is 5.32 Å². The van der Waals surface area contributed by atoms with Gasteiger partial charge < -0.3 is 10.4 Å². The lowest BCUT2D eigenvalue weighted by atomic mass is 10.2. The highest BCUT2D eigenvalue weighted by Crippen LogP contribution is 2.24. The zero-order valence-electron chi connectivity index (χ0n) is 7.83. The normalized spacial score (nSPS) is 9.86. The molecule has 0 saturated heterocycles. The maximum atomic E-state index is 11.0. The maximum Gasteiger partial charge on any atom is 0.340 e. The molecule has 0 fully saturated rings. The summed E-state index contributed by atoms with van der Waals surface area (Å²) < 4.78 is 3.87. The number of carbonyl (C=O) groups excluding carboxylic acids is 1. The average molecular weight is 214 g/mol. The molecule has 0 spiro atoms. The van der Waals surface area contributed by atoms with E-state index in [-0.39, 0.29) is 11.5 Å². The van der Waals surface area contributed by atoms with Gasteiger partial charge in [0.2, 0.25) is 5.91 Å². The molecule has 0 aliphatic heterocycles. The number of nitrogens with one attached hydrogen (secondary N) is 1. The predicted octanol–water partition coefficient (Wildman–Crippen LogP) is 1.50. The first-order chi connectivity index (χ1) is 6.56. The fraction of sp³-hybridized carbons (Fsp3) is 0.375. The van der Waals surface area contributed by atoms with Gasteiger partial charge in [0.1, 0.15) is 10.6 Å². The first-order valence-corrected chi connectivity index (χ1v) is 4.83. The van der Waals surface area contributed by atoms with E-state index in [2.05, 4.69) is 9.69 Å². The summed E-state index contributed by atoms with van der Waals surface area (Å²) in [5.74, 6) is -1.28. The van der Waals surface area contributed by atoms with E-state index in [4.69, 9.17) is 5.11 Å². The summed E-state index contributed by atoms with van der Waals surface area (Å²) in [7, 11) is 0. The highest BCUT2D eigenvalue weighted by Gasteiger charge is 2.18. The monoisotopic (exact) mass is 214 g/mol. The van der Waals surface area contributed by atoms with Crippen LogP contribution in [0.15, 0.2) is 0 Å². The van der Waals surface area contributed by atoms with Crippen LogP contribution >= 0.6 is 11.5 Å². The number of carboxylic acids is 1. The molecule has 1 amide bonds. The molecule has 6 heteroatoms. The summed E-state index contributed by atoms with van der Waals surface area (Å²) in [5, 5.41) is 11.6. The van der Waals surface area contributed by atoms with Crippen molar-refractivity contribution < 1.29 is 14.7 Å². The standard InChI is InChI=1S/C8H10N2O3S/c1-3-5(11)9-7-6(8(12)13)4(2)10-14-7/h3H2,1-2H3,(H,9,11)(H,12,13). The van der Waals surface area contributed by atoms with Gasteiger partial charge in [-0.3, -0.25) is 4.79 Å². The summed E-state index contributed by atoms with van der Waals surface area (Å²) in [5.41, 5.74) is 0.505. The lowest BCUT2D eigenvalue weighted by Gasteiger charge is -2.00. The number of hydrogen-bond acceptors (Lipinski definition) is 4. The Morgan fingerprint density at radius 3 is 2.71 bits per heavy atom. The molecule has 1 heterocycles. The highest BCUT2D eigenvalue weighted by atomic mass is 32.1. The van der Waals surface area contributed by atoms with Crippen molar-refractivity contribution in [1.82, 2.24) is 4.37 Å². The minimum atomic E-state index is -1.07. The number of aryl methyl sites for hydroxylation is 1. The molecule has 1 rings (SSSR count). The molecule has 0 aromatic carbocycles. The Balaban J connectivity index is 2.98. The molecule has 1 aromatic rings. The lowest BCUT2D eigenvalue weighted by Crippen LogP contribution is -2.11. The number of nitrogens with zero attached hydrogens (tertiary/aromatic N) is 1. The maximum absolute atomic E-state index is 11.0. The quantitative estimate of drug-likeness (QED) is 0.799. The van der Waals surface area contributed by atoms with Crippen molar-refractivity contribution in [3.8, 4) is 0 Å². The smallest absolute Gasteiger partial charge is 0.340 e. The van der Waals surface area contributed by atoms with Crippen molar-refractivity contribution in [2.75, 3.05) is 5.32 Å². The summed E-state index contributed by atoms with van der Waals surface area (Å²) in [6.07, 6.45) is 0.315. The number of carboxylic acid groups (broad SMARTS) is 1. The molecule has 0 bridgehead atoms. The van der Waals surface area contributed by atoms with E-state index in [1.165, 1.54) is 0 Å². The van der Waals surface area contributed by atoms with Gasteiger partial charge in [0.15, 0.2) is 0 Å². The molecule has 76 valence electrons. The minimum Gasteiger partial charge on any atom is -0.478 e. The van der Waals surface area contributed by atoms with E-state index in [1.54, 1.807) is 13.8 Å². The number of anilines is 1. The Morgan fingerprint density at radius 2 is 2.21 bits per heavy atom. The second kappa shape index (κ2) is 4.19. The highest BCUT2D eigenvalue weighted by molar-refractivity contribution is 7.11. The fourth-order valence-corrected chi connectivity index (χ4v) is 1.73. The second-order valence-electron chi connectivity index (χ2n) is 2.68. The van der Waals surface area contributed by atoms with Gasteiger partial charge in [0.25, 0.3) is 0 Å². The van der Waals surface area contributed by atoms with E-state index in [9.17, 15) is 9.59 Å². The van der Waals surface area contributed by atoms with Gasteiger partial charge in [-0.25, -0.2) is 4.79 Å². The molecule has 5 nitrogen and oxygen atoms in total. The molecular weight excluding hydrogens is 204 g/mol. The Bertz CT molecular complexity index is 373. The third-order valence-electron chi connectivity index (χ3n) is 1.65. The van der Waals surface area contributed by atoms with Crippen molar-refractivity contribution in [2.24, 2.45) is 0 Å². The third-order valence-corrected chi connectivity index (χ3v) is 2.50. The SMILES string of the molecule is CCC(=O)Nc1snc(C)c1C(=O)O. The molecule has 0 atom stereocenters. The molecule has 2 N–H and O–H groups in total. The number of carbonyl (C=O) groups is 2. The van der Waals surface area contributed by atoms with Crippen LogP contribution in [0, 0.1) is 6.92 Å². The van der Waals surface area contributed by atoms with Crippen LogP contribution in [0.3, 0.4) is 0 Å². The van der Waals surface area contributed by atoms with Crippen LogP contribution in [0.2, 0.25) is 0 Å². The van der Waals surface area contributed by atoms with E-state index >= 15 is 0 Å². The number of amides is 1. The summed E-state index contributed by atoms with van der Waals surface area (Å²) in [4.78, 5) is 21.8. The topological polar surface area (TPSA) is 79.3 Å². The van der Waals surface area contributed by atoms with Crippen molar-refractivity contribution in [3.63, 3.8) is 0 Å². The van der Waals surface area contributed by atoms with E-state index in [0.29, 0.717) is 17.1 Å². The fourth-order valence-electron chi connectivity index (χ4n) is 0.922. The van der Waals surface area contributed by atoms with E-state index < -0.39 is 5.97 Å².